The first kappa shape index (κ1) is 16.4. The average Bonchev–Trinajstić information content (AvgIpc) is 2.77. The lowest BCUT2D eigenvalue weighted by molar-refractivity contribution is 1.22. The smallest absolute Gasteiger partial charge is 0.123 e. The summed E-state index contributed by atoms with van der Waals surface area (Å²) in [5, 5.41) is 1.11. The lowest BCUT2D eigenvalue weighted by atomic mass is 10.2. The molecule has 0 atom stereocenters. The number of rotatable bonds is 4. The summed E-state index contributed by atoms with van der Waals surface area (Å²) in [6.45, 7) is 8.29. The van der Waals surface area contributed by atoms with Crippen LogP contribution < -0.4 is 0 Å². The number of hydrogen-bond acceptors (Lipinski definition) is 2. The van der Waals surface area contributed by atoms with Gasteiger partial charge in [-0.2, -0.15) is 0 Å². The van der Waals surface area contributed by atoms with Crippen LogP contribution in [0.5, 0.6) is 0 Å². The SMILES string of the molecule is C#C.C/C=C\C(=C/C)c1nc(C)c(/C=C\CC)s1. The van der Waals surface area contributed by atoms with Crippen molar-refractivity contribution in [2.24, 2.45) is 0 Å². The fourth-order valence-corrected chi connectivity index (χ4v) is 2.43. The Bertz CT molecular complexity index is 459. The maximum Gasteiger partial charge on any atom is 0.123 e. The third-order valence-corrected chi connectivity index (χ3v) is 3.41. The molecule has 0 aromatic carbocycles. The number of nitrogens with zero attached hydrogens (tertiary/aromatic N) is 1. The molecule has 0 N–H and O–H groups in total. The molecule has 0 fully saturated rings. The molecule has 0 radical (unpaired) electrons. The second-order valence-electron chi connectivity index (χ2n) is 3.52. The Balaban J connectivity index is 0.00000137. The van der Waals surface area contributed by atoms with Gasteiger partial charge in [0.2, 0.25) is 0 Å². The quantitative estimate of drug-likeness (QED) is 0.541. The summed E-state index contributed by atoms with van der Waals surface area (Å²) in [6.07, 6.45) is 19.7. The molecule has 96 valence electrons. The number of thiazole rings is 1. The molecule has 0 bridgehead atoms. The van der Waals surface area contributed by atoms with Gasteiger partial charge in [-0.05, 0) is 33.3 Å². The first-order valence-electron chi connectivity index (χ1n) is 5.99. The Morgan fingerprint density at radius 1 is 1.33 bits per heavy atom. The van der Waals surface area contributed by atoms with Crippen LogP contribution in [0.4, 0.5) is 0 Å². The molecule has 18 heavy (non-hydrogen) atoms. The van der Waals surface area contributed by atoms with E-state index in [1.807, 2.05) is 19.9 Å². The van der Waals surface area contributed by atoms with Crippen molar-refractivity contribution in [3.05, 3.63) is 39.9 Å². The van der Waals surface area contributed by atoms with Crippen LogP contribution in [0.25, 0.3) is 11.6 Å². The summed E-state index contributed by atoms with van der Waals surface area (Å²) in [6, 6.07) is 0. The monoisotopic (exact) mass is 259 g/mol. The highest BCUT2D eigenvalue weighted by Crippen LogP contribution is 2.26. The fourth-order valence-electron chi connectivity index (χ4n) is 1.38. The normalized spacial score (nSPS) is 11.8. The first-order chi connectivity index (χ1) is 8.72. The third kappa shape index (κ3) is 4.73. The van der Waals surface area contributed by atoms with Crippen LogP contribution in [-0.2, 0) is 0 Å². The molecular weight excluding hydrogens is 238 g/mol. The topological polar surface area (TPSA) is 12.9 Å². The van der Waals surface area contributed by atoms with E-state index in [-0.39, 0.29) is 0 Å². The highest BCUT2D eigenvalue weighted by molar-refractivity contribution is 7.13. The lowest BCUT2D eigenvalue weighted by Crippen LogP contribution is -1.79. The molecule has 1 aromatic rings. The Labute approximate surface area is 115 Å². The Hall–Kier alpha value is -1.59. The zero-order valence-electron chi connectivity index (χ0n) is 11.6. The van der Waals surface area contributed by atoms with Gasteiger partial charge in [0.1, 0.15) is 5.01 Å². The first-order valence-corrected chi connectivity index (χ1v) is 6.81. The van der Waals surface area contributed by atoms with E-state index in [4.69, 9.17) is 0 Å². The van der Waals surface area contributed by atoms with Crippen LogP contribution >= 0.6 is 11.3 Å². The van der Waals surface area contributed by atoms with Gasteiger partial charge in [0.15, 0.2) is 0 Å². The average molecular weight is 259 g/mol. The molecule has 1 nitrogen and oxygen atoms in total. The largest absolute Gasteiger partial charge is 0.241 e. The Morgan fingerprint density at radius 2 is 2.00 bits per heavy atom. The van der Waals surface area contributed by atoms with Crippen molar-refractivity contribution < 1.29 is 0 Å². The standard InChI is InChI=1S/C14H19NS.C2H2/c1-5-8-10-13-11(4)15-14(16-13)12(7-3)9-6-2;1-2/h6-10H,5H2,1-4H3;1-2H/b9-6-,10-8-,12-7+;. The van der Waals surface area contributed by atoms with Crippen molar-refractivity contribution in [3.8, 4) is 12.8 Å². The summed E-state index contributed by atoms with van der Waals surface area (Å²) in [4.78, 5) is 5.87. The summed E-state index contributed by atoms with van der Waals surface area (Å²) >= 11 is 1.75. The van der Waals surface area contributed by atoms with E-state index in [1.54, 1.807) is 11.3 Å². The van der Waals surface area contributed by atoms with Crippen LogP contribution in [-0.4, -0.2) is 4.98 Å². The molecular formula is C16H21NS. The molecule has 0 amide bonds. The molecule has 1 rings (SSSR count). The van der Waals surface area contributed by atoms with Crippen molar-refractivity contribution in [3.63, 3.8) is 0 Å². The number of aromatic nitrogens is 1. The molecule has 1 heterocycles. The minimum atomic E-state index is 1.07. The van der Waals surface area contributed by atoms with Gasteiger partial charge in [-0.3, -0.25) is 0 Å². The number of hydrogen-bond donors (Lipinski definition) is 0. The van der Waals surface area contributed by atoms with Gasteiger partial charge in [0.05, 0.1) is 10.6 Å². The minimum absolute atomic E-state index is 1.07. The number of allylic oxidation sites excluding steroid dienone is 5. The summed E-state index contributed by atoms with van der Waals surface area (Å²) in [5.74, 6) is 0. The maximum absolute atomic E-state index is 4.60. The van der Waals surface area contributed by atoms with E-state index in [9.17, 15) is 0 Å². The van der Waals surface area contributed by atoms with Gasteiger partial charge in [-0.25, -0.2) is 4.98 Å². The summed E-state index contributed by atoms with van der Waals surface area (Å²) in [5.41, 5.74) is 2.32. The fraction of sp³-hybridized carbons (Fsp3) is 0.312. The molecule has 0 saturated carbocycles. The van der Waals surface area contributed by atoms with Crippen LogP contribution in [0.15, 0.2) is 24.3 Å². The molecule has 0 aliphatic rings. The summed E-state index contributed by atoms with van der Waals surface area (Å²) < 4.78 is 0. The molecule has 0 spiro atoms. The van der Waals surface area contributed by atoms with E-state index in [2.05, 4.69) is 56.0 Å². The second-order valence-corrected chi connectivity index (χ2v) is 4.55. The highest BCUT2D eigenvalue weighted by Gasteiger charge is 2.06. The molecule has 0 unspecified atom stereocenters. The van der Waals surface area contributed by atoms with Gasteiger partial charge in [-0.1, -0.05) is 31.2 Å². The summed E-state index contributed by atoms with van der Waals surface area (Å²) in [7, 11) is 0. The van der Waals surface area contributed by atoms with E-state index >= 15 is 0 Å². The number of terminal acetylenes is 1. The zero-order valence-corrected chi connectivity index (χ0v) is 12.4. The molecule has 0 saturated heterocycles. The van der Waals surface area contributed by atoms with Crippen LogP contribution in [0.3, 0.4) is 0 Å². The van der Waals surface area contributed by atoms with Gasteiger partial charge in [-0.15, -0.1) is 24.2 Å². The van der Waals surface area contributed by atoms with E-state index in [0.717, 1.165) is 17.1 Å². The van der Waals surface area contributed by atoms with Gasteiger partial charge < -0.3 is 0 Å². The lowest BCUT2D eigenvalue weighted by Gasteiger charge is -1.93. The third-order valence-electron chi connectivity index (χ3n) is 2.24. The Kier molecular flexibility index (Phi) is 8.61. The van der Waals surface area contributed by atoms with E-state index < -0.39 is 0 Å². The van der Waals surface area contributed by atoms with Crippen LogP contribution in [0.2, 0.25) is 0 Å². The second kappa shape index (κ2) is 9.44. The van der Waals surface area contributed by atoms with Crippen molar-refractivity contribution in [2.75, 3.05) is 0 Å². The molecule has 1 aromatic heterocycles. The molecule has 0 aliphatic carbocycles. The minimum Gasteiger partial charge on any atom is -0.241 e. The maximum atomic E-state index is 4.60. The highest BCUT2D eigenvalue weighted by atomic mass is 32.1. The van der Waals surface area contributed by atoms with Crippen LogP contribution in [0.1, 0.15) is 42.8 Å². The predicted octanol–water partition coefficient (Wildman–Crippen LogP) is 5.10. The molecule has 2 heteroatoms. The predicted molar refractivity (Wildman–Crippen MR) is 84.5 cm³/mol. The van der Waals surface area contributed by atoms with Gasteiger partial charge >= 0.3 is 0 Å². The Morgan fingerprint density at radius 3 is 2.50 bits per heavy atom. The van der Waals surface area contributed by atoms with E-state index in [1.165, 1.54) is 10.5 Å². The van der Waals surface area contributed by atoms with Crippen molar-refractivity contribution in [2.45, 2.75) is 34.1 Å². The van der Waals surface area contributed by atoms with Crippen LogP contribution in [0, 0.1) is 19.8 Å². The number of aryl methyl sites for hydroxylation is 1. The van der Waals surface area contributed by atoms with Crippen molar-refractivity contribution in [1.29, 1.82) is 0 Å². The molecule has 0 aliphatic heterocycles. The zero-order chi connectivity index (χ0) is 14.0. The van der Waals surface area contributed by atoms with Crippen molar-refractivity contribution in [1.82, 2.24) is 4.98 Å². The van der Waals surface area contributed by atoms with Gasteiger partial charge in [0, 0.05) is 5.57 Å². The van der Waals surface area contributed by atoms with Crippen molar-refractivity contribution >= 4 is 23.0 Å². The van der Waals surface area contributed by atoms with Gasteiger partial charge in [0.25, 0.3) is 0 Å². The van der Waals surface area contributed by atoms with E-state index in [0.29, 0.717) is 0 Å².